The lowest BCUT2D eigenvalue weighted by molar-refractivity contribution is -0.130. The van der Waals surface area contributed by atoms with E-state index in [9.17, 15) is 4.79 Å². The van der Waals surface area contributed by atoms with Crippen molar-refractivity contribution in [2.75, 3.05) is 19.7 Å². The molecule has 1 amide bonds. The Morgan fingerprint density at radius 3 is 2.23 bits per heavy atom. The molecule has 3 rings (SSSR count). The van der Waals surface area contributed by atoms with Gasteiger partial charge in [-0.15, -0.1) is 0 Å². The Hall–Kier alpha value is -1.67. The maximum Gasteiger partial charge on any atom is 0.498 e. The van der Waals surface area contributed by atoms with E-state index in [0.29, 0.717) is 18.5 Å². The molecule has 8 heteroatoms. The van der Waals surface area contributed by atoms with Gasteiger partial charge >= 0.3 is 13.1 Å². The molecular formula is C18H28BN3O4. The van der Waals surface area contributed by atoms with Gasteiger partial charge < -0.3 is 18.9 Å². The Bertz CT molecular complexity index is 626. The summed E-state index contributed by atoms with van der Waals surface area (Å²) in [5, 5.41) is 0. The molecule has 2 aliphatic heterocycles. The number of likely N-dealkylation sites (tertiary alicyclic amines) is 1. The Balaban J connectivity index is 1.51. The maximum absolute atomic E-state index is 11.4. The van der Waals surface area contributed by atoms with Gasteiger partial charge in [-0.1, -0.05) is 0 Å². The third kappa shape index (κ3) is 4.01. The predicted molar refractivity (Wildman–Crippen MR) is 98.2 cm³/mol. The van der Waals surface area contributed by atoms with Crippen molar-refractivity contribution in [2.24, 2.45) is 5.92 Å². The molecule has 0 spiro atoms. The fourth-order valence-corrected chi connectivity index (χ4v) is 3.11. The highest BCUT2D eigenvalue weighted by molar-refractivity contribution is 6.61. The minimum atomic E-state index is -0.468. The summed E-state index contributed by atoms with van der Waals surface area (Å²) >= 11 is 0. The van der Waals surface area contributed by atoms with E-state index in [1.54, 1.807) is 19.3 Å². The molecule has 3 heterocycles. The maximum atomic E-state index is 11.4. The summed E-state index contributed by atoms with van der Waals surface area (Å²) in [6, 6.07) is 0.360. The number of hydrogen-bond donors (Lipinski definition) is 0. The van der Waals surface area contributed by atoms with Gasteiger partial charge in [-0.25, -0.2) is 9.97 Å². The van der Waals surface area contributed by atoms with Crippen molar-refractivity contribution >= 4 is 18.5 Å². The summed E-state index contributed by atoms with van der Waals surface area (Å²) in [6.07, 6.45) is 5.29. The van der Waals surface area contributed by atoms with Gasteiger partial charge in [-0.2, -0.15) is 0 Å². The second-order valence-corrected chi connectivity index (χ2v) is 8.15. The van der Waals surface area contributed by atoms with Crippen LogP contribution in [0.2, 0.25) is 0 Å². The summed E-state index contributed by atoms with van der Waals surface area (Å²) in [5.74, 6) is 0.572. The molecule has 26 heavy (non-hydrogen) atoms. The topological polar surface area (TPSA) is 73.8 Å². The monoisotopic (exact) mass is 361 g/mol. The molecule has 0 aromatic carbocycles. The summed E-state index contributed by atoms with van der Waals surface area (Å²) in [5.41, 5.74) is 0.00846. The van der Waals surface area contributed by atoms with Gasteiger partial charge in [0.2, 0.25) is 5.91 Å². The lowest BCUT2D eigenvalue weighted by atomic mass is 9.81. The molecular weight excluding hydrogens is 333 g/mol. The fourth-order valence-electron chi connectivity index (χ4n) is 3.11. The van der Waals surface area contributed by atoms with Gasteiger partial charge in [0.15, 0.2) is 0 Å². The average molecular weight is 361 g/mol. The van der Waals surface area contributed by atoms with E-state index in [-0.39, 0.29) is 17.1 Å². The molecule has 2 aliphatic rings. The highest BCUT2D eigenvalue weighted by atomic mass is 16.7. The summed E-state index contributed by atoms with van der Waals surface area (Å²) < 4.78 is 17.7. The molecule has 0 N–H and O–H groups in total. The number of rotatable bonds is 4. The first-order valence-electron chi connectivity index (χ1n) is 9.24. The van der Waals surface area contributed by atoms with Crippen LogP contribution in [0.4, 0.5) is 0 Å². The van der Waals surface area contributed by atoms with Crippen LogP contribution in [0.3, 0.4) is 0 Å². The van der Waals surface area contributed by atoms with Crippen molar-refractivity contribution in [2.45, 2.75) is 58.7 Å². The standard InChI is InChI=1S/C18H28BN3O4/c1-13(23)22-8-6-14(7-9-22)12-24-16-20-10-15(11-21-16)19-25-17(2,3)18(4,5)26-19/h10-11,14H,6-9,12H2,1-5H3. The molecule has 0 atom stereocenters. The van der Waals surface area contributed by atoms with Gasteiger partial charge in [-0.05, 0) is 46.5 Å². The minimum absolute atomic E-state index is 0.144. The van der Waals surface area contributed by atoms with Crippen molar-refractivity contribution in [1.82, 2.24) is 14.9 Å². The van der Waals surface area contributed by atoms with E-state index in [0.717, 1.165) is 31.4 Å². The second kappa shape index (κ2) is 7.16. The molecule has 1 aromatic rings. The molecule has 0 radical (unpaired) electrons. The second-order valence-electron chi connectivity index (χ2n) is 8.15. The molecule has 142 valence electrons. The normalized spacial score (nSPS) is 22.5. The van der Waals surface area contributed by atoms with Gasteiger partial charge in [-0.3, -0.25) is 4.79 Å². The Kier molecular flexibility index (Phi) is 5.26. The third-order valence-electron chi connectivity index (χ3n) is 5.68. The Morgan fingerprint density at radius 2 is 1.73 bits per heavy atom. The molecule has 1 aromatic heterocycles. The largest absolute Gasteiger partial charge is 0.498 e. The van der Waals surface area contributed by atoms with Gasteiger partial charge in [0, 0.05) is 37.9 Å². The van der Waals surface area contributed by atoms with Crippen molar-refractivity contribution in [3.63, 3.8) is 0 Å². The molecule has 2 fully saturated rings. The number of carbonyl (C=O) groups is 1. The van der Waals surface area contributed by atoms with E-state index < -0.39 is 7.12 Å². The molecule has 0 saturated carbocycles. The number of amides is 1. The van der Waals surface area contributed by atoms with Gasteiger partial charge in [0.25, 0.3) is 0 Å². The number of aromatic nitrogens is 2. The summed E-state index contributed by atoms with van der Waals surface area (Å²) in [6.45, 7) is 11.8. The zero-order chi connectivity index (χ0) is 18.9. The van der Waals surface area contributed by atoms with Crippen molar-refractivity contribution in [1.29, 1.82) is 0 Å². The predicted octanol–water partition coefficient (Wildman–Crippen LogP) is 1.41. The number of piperidine rings is 1. The first-order chi connectivity index (χ1) is 12.2. The summed E-state index contributed by atoms with van der Waals surface area (Å²) in [7, 11) is -0.468. The van der Waals surface area contributed by atoms with E-state index in [1.165, 1.54) is 0 Å². The molecule has 2 saturated heterocycles. The van der Waals surface area contributed by atoms with Crippen LogP contribution in [0, 0.1) is 5.92 Å². The zero-order valence-electron chi connectivity index (χ0n) is 16.3. The van der Waals surface area contributed by atoms with Crippen LogP contribution >= 0.6 is 0 Å². The molecule has 0 aliphatic carbocycles. The number of nitrogens with zero attached hydrogens (tertiary/aromatic N) is 3. The third-order valence-corrected chi connectivity index (χ3v) is 5.68. The Morgan fingerprint density at radius 1 is 1.19 bits per heavy atom. The SMILES string of the molecule is CC(=O)N1CCC(COc2ncc(B3OC(C)(C)C(C)(C)O3)cn2)CC1. The fraction of sp³-hybridized carbons (Fsp3) is 0.722. The average Bonchev–Trinajstić information content (AvgIpc) is 2.81. The van der Waals surface area contributed by atoms with Crippen molar-refractivity contribution in [3.05, 3.63) is 12.4 Å². The van der Waals surface area contributed by atoms with E-state index in [4.69, 9.17) is 14.0 Å². The van der Waals surface area contributed by atoms with Crippen LogP contribution in [-0.4, -0.2) is 58.8 Å². The van der Waals surface area contributed by atoms with Gasteiger partial charge in [0.1, 0.15) is 0 Å². The van der Waals surface area contributed by atoms with Crippen molar-refractivity contribution in [3.8, 4) is 6.01 Å². The first-order valence-corrected chi connectivity index (χ1v) is 9.24. The van der Waals surface area contributed by atoms with Crippen LogP contribution in [0.1, 0.15) is 47.5 Å². The van der Waals surface area contributed by atoms with E-state index in [2.05, 4.69) is 9.97 Å². The number of carbonyl (C=O) groups excluding carboxylic acids is 1. The highest BCUT2D eigenvalue weighted by Crippen LogP contribution is 2.36. The van der Waals surface area contributed by atoms with Crippen LogP contribution in [0.25, 0.3) is 0 Å². The van der Waals surface area contributed by atoms with Crippen LogP contribution in [-0.2, 0) is 14.1 Å². The molecule has 7 nitrogen and oxygen atoms in total. The number of hydrogen-bond acceptors (Lipinski definition) is 6. The van der Waals surface area contributed by atoms with Crippen molar-refractivity contribution < 1.29 is 18.8 Å². The highest BCUT2D eigenvalue weighted by Gasteiger charge is 2.51. The zero-order valence-corrected chi connectivity index (χ0v) is 16.3. The van der Waals surface area contributed by atoms with E-state index in [1.807, 2.05) is 32.6 Å². The number of ether oxygens (including phenoxy) is 1. The molecule has 0 bridgehead atoms. The van der Waals surface area contributed by atoms with Crippen LogP contribution < -0.4 is 10.2 Å². The smallest absolute Gasteiger partial charge is 0.463 e. The minimum Gasteiger partial charge on any atom is -0.463 e. The summed E-state index contributed by atoms with van der Waals surface area (Å²) in [4.78, 5) is 21.8. The Labute approximate surface area is 155 Å². The lowest BCUT2D eigenvalue weighted by Gasteiger charge is -2.32. The lowest BCUT2D eigenvalue weighted by Crippen LogP contribution is -2.41. The van der Waals surface area contributed by atoms with Gasteiger partial charge in [0.05, 0.1) is 17.8 Å². The quantitative estimate of drug-likeness (QED) is 0.755. The van der Waals surface area contributed by atoms with Crippen LogP contribution in [0.15, 0.2) is 12.4 Å². The first kappa shape index (κ1) is 19.1. The molecule has 0 unspecified atom stereocenters. The van der Waals surface area contributed by atoms with E-state index >= 15 is 0 Å². The van der Waals surface area contributed by atoms with Crippen LogP contribution in [0.5, 0.6) is 6.01 Å².